The van der Waals surface area contributed by atoms with Crippen molar-refractivity contribution in [2.24, 2.45) is 5.73 Å². The molecule has 0 unspecified atom stereocenters. The van der Waals surface area contributed by atoms with Gasteiger partial charge in [-0.3, -0.25) is 4.79 Å². The van der Waals surface area contributed by atoms with Crippen molar-refractivity contribution in [1.82, 2.24) is 5.32 Å². The number of nitrogens with one attached hydrogen (secondary N) is 1. The zero-order valence-corrected chi connectivity index (χ0v) is 10.4. The number of nitrogens with two attached hydrogens (primary N) is 1. The standard InChI is InChI=1S/C14H15FN2O2/c15-11-3-1-10(2-4-11)13-6-5-12(19-13)9-17-8-7-14(16)18/h1-6,17H,7-9H2,(H2,16,18). The summed E-state index contributed by atoms with van der Waals surface area (Å²) in [7, 11) is 0. The number of benzene rings is 1. The molecule has 0 saturated carbocycles. The number of primary amides is 1. The molecule has 100 valence electrons. The third-order valence-corrected chi connectivity index (χ3v) is 2.64. The Morgan fingerprint density at radius 3 is 2.63 bits per heavy atom. The average molecular weight is 262 g/mol. The van der Waals surface area contributed by atoms with Crippen molar-refractivity contribution in [3.63, 3.8) is 0 Å². The molecule has 2 aromatic rings. The Morgan fingerprint density at radius 1 is 1.21 bits per heavy atom. The predicted octanol–water partition coefficient (Wildman–Crippen LogP) is 2.05. The van der Waals surface area contributed by atoms with E-state index in [1.807, 2.05) is 12.1 Å². The van der Waals surface area contributed by atoms with Crippen LogP contribution in [0, 0.1) is 5.82 Å². The Kier molecular flexibility index (Phi) is 4.30. The van der Waals surface area contributed by atoms with Gasteiger partial charge in [0.05, 0.1) is 6.54 Å². The minimum atomic E-state index is -0.334. The van der Waals surface area contributed by atoms with E-state index in [1.54, 1.807) is 12.1 Å². The van der Waals surface area contributed by atoms with Crippen molar-refractivity contribution in [3.8, 4) is 11.3 Å². The summed E-state index contributed by atoms with van der Waals surface area (Å²) in [6.07, 6.45) is 0.297. The van der Waals surface area contributed by atoms with Gasteiger partial charge in [-0.25, -0.2) is 4.39 Å². The molecule has 0 fully saturated rings. The number of halogens is 1. The zero-order chi connectivity index (χ0) is 13.7. The van der Waals surface area contributed by atoms with Crippen LogP contribution in [0.2, 0.25) is 0 Å². The summed E-state index contributed by atoms with van der Waals surface area (Å²) in [6.45, 7) is 1.04. The summed E-state index contributed by atoms with van der Waals surface area (Å²) >= 11 is 0. The van der Waals surface area contributed by atoms with Crippen LogP contribution in [0.15, 0.2) is 40.8 Å². The van der Waals surface area contributed by atoms with Crippen molar-refractivity contribution in [3.05, 3.63) is 48.0 Å². The highest BCUT2D eigenvalue weighted by Crippen LogP contribution is 2.22. The number of furan rings is 1. The highest BCUT2D eigenvalue weighted by atomic mass is 19.1. The van der Waals surface area contributed by atoms with Crippen LogP contribution in [0.1, 0.15) is 12.2 Å². The van der Waals surface area contributed by atoms with E-state index in [9.17, 15) is 9.18 Å². The van der Waals surface area contributed by atoms with Crippen LogP contribution in [-0.4, -0.2) is 12.5 Å². The second kappa shape index (κ2) is 6.15. The molecule has 1 aromatic heterocycles. The third-order valence-electron chi connectivity index (χ3n) is 2.64. The molecule has 0 bridgehead atoms. The summed E-state index contributed by atoms with van der Waals surface area (Å²) < 4.78 is 18.4. The molecule has 4 nitrogen and oxygen atoms in total. The second-order valence-electron chi connectivity index (χ2n) is 4.17. The molecule has 5 heteroatoms. The summed E-state index contributed by atoms with van der Waals surface area (Å²) in [5.74, 6) is 0.832. The number of amides is 1. The highest BCUT2D eigenvalue weighted by Gasteiger charge is 2.05. The summed E-state index contributed by atoms with van der Waals surface area (Å²) in [6, 6.07) is 9.79. The van der Waals surface area contributed by atoms with Crippen molar-refractivity contribution in [2.75, 3.05) is 6.54 Å². The molecule has 3 N–H and O–H groups in total. The molecule has 0 aliphatic heterocycles. The van der Waals surface area contributed by atoms with Gasteiger partial charge in [-0.2, -0.15) is 0 Å². The van der Waals surface area contributed by atoms with E-state index in [0.717, 1.165) is 11.3 Å². The molecule has 0 aliphatic carbocycles. The van der Waals surface area contributed by atoms with Crippen molar-refractivity contribution in [2.45, 2.75) is 13.0 Å². The molecule has 1 amide bonds. The fraction of sp³-hybridized carbons (Fsp3) is 0.214. The zero-order valence-electron chi connectivity index (χ0n) is 10.4. The third kappa shape index (κ3) is 3.93. The van der Waals surface area contributed by atoms with Crippen LogP contribution in [0.25, 0.3) is 11.3 Å². The molecule has 0 saturated heterocycles. The molecule has 2 rings (SSSR count). The molecule has 0 radical (unpaired) electrons. The van der Waals surface area contributed by atoms with Gasteiger partial charge in [0.15, 0.2) is 0 Å². The Morgan fingerprint density at radius 2 is 1.95 bits per heavy atom. The van der Waals surface area contributed by atoms with E-state index in [0.29, 0.717) is 25.3 Å². The van der Waals surface area contributed by atoms with Crippen LogP contribution in [0.5, 0.6) is 0 Å². The van der Waals surface area contributed by atoms with Gasteiger partial charge < -0.3 is 15.5 Å². The van der Waals surface area contributed by atoms with Gasteiger partial charge in [0.1, 0.15) is 17.3 Å². The van der Waals surface area contributed by atoms with Crippen LogP contribution < -0.4 is 11.1 Å². The second-order valence-corrected chi connectivity index (χ2v) is 4.17. The van der Waals surface area contributed by atoms with Gasteiger partial charge in [0.2, 0.25) is 5.91 Å². The molecule has 1 heterocycles. The van der Waals surface area contributed by atoms with E-state index in [4.69, 9.17) is 10.2 Å². The molecule has 0 spiro atoms. The normalized spacial score (nSPS) is 10.6. The van der Waals surface area contributed by atoms with Crippen LogP contribution in [0.4, 0.5) is 4.39 Å². The van der Waals surface area contributed by atoms with E-state index in [1.165, 1.54) is 12.1 Å². The van der Waals surface area contributed by atoms with E-state index in [2.05, 4.69) is 5.32 Å². The topological polar surface area (TPSA) is 68.3 Å². The maximum Gasteiger partial charge on any atom is 0.218 e. The van der Waals surface area contributed by atoms with Crippen molar-refractivity contribution < 1.29 is 13.6 Å². The lowest BCUT2D eigenvalue weighted by Gasteiger charge is -2.00. The Balaban J connectivity index is 1.91. The van der Waals surface area contributed by atoms with E-state index in [-0.39, 0.29) is 11.7 Å². The lowest BCUT2D eigenvalue weighted by Crippen LogP contribution is -2.21. The van der Waals surface area contributed by atoms with Gasteiger partial charge in [-0.1, -0.05) is 0 Å². The number of carbonyl (C=O) groups is 1. The summed E-state index contributed by atoms with van der Waals surface area (Å²) in [5, 5.41) is 3.05. The minimum Gasteiger partial charge on any atom is -0.460 e. The fourth-order valence-electron chi connectivity index (χ4n) is 1.67. The van der Waals surface area contributed by atoms with Crippen LogP contribution in [0.3, 0.4) is 0 Å². The monoisotopic (exact) mass is 262 g/mol. The van der Waals surface area contributed by atoms with Gasteiger partial charge >= 0.3 is 0 Å². The quantitative estimate of drug-likeness (QED) is 0.783. The largest absolute Gasteiger partial charge is 0.460 e. The Labute approximate surface area is 110 Å². The average Bonchev–Trinajstić information content (AvgIpc) is 2.84. The fourth-order valence-corrected chi connectivity index (χ4v) is 1.67. The number of hydrogen-bond acceptors (Lipinski definition) is 3. The lowest BCUT2D eigenvalue weighted by molar-refractivity contribution is -0.117. The summed E-state index contributed by atoms with van der Waals surface area (Å²) in [4.78, 5) is 10.6. The number of rotatable bonds is 6. The number of hydrogen-bond donors (Lipinski definition) is 2. The van der Waals surface area contributed by atoms with Gasteiger partial charge in [-0.15, -0.1) is 0 Å². The minimum absolute atomic E-state index is 0.274. The van der Waals surface area contributed by atoms with Gasteiger partial charge in [-0.05, 0) is 36.4 Å². The van der Waals surface area contributed by atoms with Gasteiger partial charge in [0, 0.05) is 18.5 Å². The molecular weight excluding hydrogens is 247 g/mol. The molecule has 0 aliphatic rings. The molecule has 1 aromatic carbocycles. The van der Waals surface area contributed by atoms with E-state index < -0.39 is 0 Å². The first-order chi connectivity index (χ1) is 9.15. The lowest BCUT2D eigenvalue weighted by atomic mass is 10.2. The molecule has 19 heavy (non-hydrogen) atoms. The Hall–Kier alpha value is -2.14. The first kappa shape index (κ1) is 13.3. The number of carbonyl (C=O) groups excluding carboxylic acids is 1. The van der Waals surface area contributed by atoms with E-state index >= 15 is 0 Å². The highest BCUT2D eigenvalue weighted by molar-refractivity contribution is 5.73. The smallest absolute Gasteiger partial charge is 0.218 e. The summed E-state index contributed by atoms with van der Waals surface area (Å²) in [5.41, 5.74) is 5.86. The molecule has 0 atom stereocenters. The first-order valence-electron chi connectivity index (χ1n) is 5.99. The molecular formula is C14H15FN2O2. The SMILES string of the molecule is NC(=O)CCNCc1ccc(-c2ccc(F)cc2)o1. The maximum atomic E-state index is 12.8. The van der Waals surface area contributed by atoms with Crippen LogP contribution in [-0.2, 0) is 11.3 Å². The van der Waals surface area contributed by atoms with Crippen LogP contribution >= 0.6 is 0 Å². The maximum absolute atomic E-state index is 12.8. The predicted molar refractivity (Wildman–Crippen MR) is 69.6 cm³/mol. The van der Waals surface area contributed by atoms with Crippen molar-refractivity contribution in [1.29, 1.82) is 0 Å². The first-order valence-corrected chi connectivity index (χ1v) is 5.99. The Bertz CT molecular complexity index is 549. The van der Waals surface area contributed by atoms with Gasteiger partial charge in [0.25, 0.3) is 0 Å². The van der Waals surface area contributed by atoms with Crippen molar-refractivity contribution >= 4 is 5.91 Å².